The van der Waals surface area contributed by atoms with E-state index in [9.17, 15) is 4.79 Å². The van der Waals surface area contributed by atoms with Gasteiger partial charge in [-0.05, 0) is 44.4 Å². The van der Waals surface area contributed by atoms with E-state index in [1.165, 1.54) is 6.33 Å². The van der Waals surface area contributed by atoms with Crippen molar-refractivity contribution >= 4 is 22.8 Å². The van der Waals surface area contributed by atoms with Crippen molar-refractivity contribution < 1.29 is 9.21 Å². The zero-order chi connectivity index (χ0) is 16.6. The maximum atomic E-state index is 13.1. The molecule has 24 heavy (non-hydrogen) atoms. The van der Waals surface area contributed by atoms with Gasteiger partial charge in [-0.15, -0.1) is 0 Å². The highest BCUT2D eigenvalue weighted by Crippen LogP contribution is 2.51. The first-order valence-corrected chi connectivity index (χ1v) is 8.78. The molecule has 1 amide bonds. The summed E-state index contributed by atoms with van der Waals surface area (Å²) in [4.78, 5) is 23.7. The maximum Gasteiger partial charge on any atom is 0.258 e. The lowest BCUT2D eigenvalue weighted by Gasteiger charge is -2.19. The molecule has 3 aliphatic rings. The van der Waals surface area contributed by atoms with Gasteiger partial charge in [0.2, 0.25) is 5.71 Å². The summed E-state index contributed by atoms with van der Waals surface area (Å²) < 4.78 is 5.78. The number of hydrogen-bond donors (Lipinski definition) is 1. The van der Waals surface area contributed by atoms with Gasteiger partial charge in [-0.1, -0.05) is 6.92 Å². The Labute approximate surface area is 140 Å². The summed E-state index contributed by atoms with van der Waals surface area (Å²) in [6.07, 6.45) is 3.73. The molecule has 0 bridgehead atoms. The summed E-state index contributed by atoms with van der Waals surface area (Å²) in [7, 11) is 0. The summed E-state index contributed by atoms with van der Waals surface area (Å²) in [5.74, 6) is 3.56. The molecule has 126 valence electrons. The van der Waals surface area contributed by atoms with Crippen LogP contribution in [0.1, 0.15) is 42.8 Å². The van der Waals surface area contributed by atoms with Crippen molar-refractivity contribution in [3.8, 4) is 0 Å². The second kappa shape index (κ2) is 4.49. The van der Waals surface area contributed by atoms with Gasteiger partial charge in [0.1, 0.15) is 17.9 Å². The van der Waals surface area contributed by atoms with E-state index in [0.717, 1.165) is 43.1 Å². The molecule has 1 saturated heterocycles. The van der Waals surface area contributed by atoms with Gasteiger partial charge in [0.05, 0.1) is 10.9 Å². The predicted molar refractivity (Wildman–Crippen MR) is 89.9 cm³/mol. The van der Waals surface area contributed by atoms with Crippen LogP contribution < -0.4 is 5.32 Å². The quantitative estimate of drug-likeness (QED) is 0.939. The first kappa shape index (κ1) is 14.3. The van der Waals surface area contributed by atoms with Crippen LogP contribution in [-0.4, -0.2) is 39.4 Å². The van der Waals surface area contributed by atoms with Crippen molar-refractivity contribution in [2.24, 2.45) is 17.8 Å². The molecule has 2 aromatic rings. The van der Waals surface area contributed by atoms with Crippen molar-refractivity contribution in [3.63, 3.8) is 0 Å². The Bertz CT molecular complexity index is 842. The fraction of sp³-hybridized carbons (Fsp3) is 0.611. The first-order chi connectivity index (χ1) is 11.5. The molecular formula is C18H22N4O2. The Morgan fingerprint density at radius 2 is 2.04 bits per heavy atom. The van der Waals surface area contributed by atoms with Crippen molar-refractivity contribution in [3.05, 3.63) is 17.7 Å². The lowest BCUT2D eigenvalue weighted by molar-refractivity contribution is 0.0769. The number of amides is 1. The molecule has 5 rings (SSSR count). The van der Waals surface area contributed by atoms with E-state index in [4.69, 9.17) is 4.42 Å². The van der Waals surface area contributed by atoms with E-state index in [1.54, 1.807) is 0 Å². The molecule has 6 nitrogen and oxygen atoms in total. The SMILES string of the molecule is Cc1oc2ncnc(NC3(C)CC3)c2c1C(=O)N1C[C@@H]2C(C)[C@@H]2C1. The van der Waals surface area contributed by atoms with Gasteiger partial charge < -0.3 is 14.6 Å². The van der Waals surface area contributed by atoms with Gasteiger partial charge >= 0.3 is 0 Å². The number of furan rings is 1. The van der Waals surface area contributed by atoms with Crippen molar-refractivity contribution in [1.29, 1.82) is 0 Å². The summed E-state index contributed by atoms with van der Waals surface area (Å²) in [5, 5.41) is 4.21. The molecule has 2 saturated carbocycles. The fourth-order valence-corrected chi connectivity index (χ4v) is 4.14. The number of carbonyl (C=O) groups is 1. The largest absolute Gasteiger partial charge is 0.442 e. The summed E-state index contributed by atoms with van der Waals surface area (Å²) in [5.41, 5.74) is 1.21. The number of likely N-dealkylation sites (tertiary alicyclic amines) is 1. The van der Waals surface area contributed by atoms with Gasteiger partial charge in [-0.2, -0.15) is 0 Å². The van der Waals surface area contributed by atoms with E-state index in [2.05, 4.69) is 29.1 Å². The average molecular weight is 326 g/mol. The standard InChI is InChI=1S/C18H22N4O2/c1-9-11-6-22(7-12(9)11)17(23)13-10(2)24-16-14(13)15(19-8-20-16)21-18(3)4-5-18/h8-9,11-12H,4-7H2,1-3H3,(H,19,20,21)/t9?,11-,12+. The van der Waals surface area contributed by atoms with Crippen molar-refractivity contribution in [2.45, 2.75) is 39.2 Å². The number of piperidine rings is 1. The van der Waals surface area contributed by atoms with Crippen LogP contribution in [-0.2, 0) is 0 Å². The highest BCUT2D eigenvalue weighted by molar-refractivity contribution is 6.10. The second-order valence-electron chi connectivity index (χ2n) is 8.02. The van der Waals surface area contributed by atoms with E-state index in [0.29, 0.717) is 28.9 Å². The van der Waals surface area contributed by atoms with Crippen LogP contribution >= 0.6 is 0 Å². The van der Waals surface area contributed by atoms with Crippen LogP contribution in [0, 0.1) is 24.7 Å². The lowest BCUT2D eigenvalue weighted by Crippen LogP contribution is -2.31. The Balaban J connectivity index is 1.55. The minimum Gasteiger partial charge on any atom is -0.442 e. The van der Waals surface area contributed by atoms with Crippen LogP contribution in [0.3, 0.4) is 0 Å². The Kier molecular flexibility index (Phi) is 2.67. The smallest absolute Gasteiger partial charge is 0.258 e. The van der Waals surface area contributed by atoms with Crippen molar-refractivity contribution in [1.82, 2.24) is 14.9 Å². The first-order valence-electron chi connectivity index (χ1n) is 8.78. The third-order valence-corrected chi connectivity index (χ3v) is 6.21. The third kappa shape index (κ3) is 1.98. The maximum absolute atomic E-state index is 13.1. The zero-order valence-electron chi connectivity index (χ0n) is 14.3. The summed E-state index contributed by atoms with van der Waals surface area (Å²) in [6.45, 7) is 8.03. The molecule has 3 atom stereocenters. The van der Waals surface area contributed by atoms with Crippen LogP contribution in [0.4, 0.5) is 5.82 Å². The normalized spacial score (nSPS) is 29.6. The van der Waals surface area contributed by atoms with Crippen LogP contribution in [0.2, 0.25) is 0 Å². The number of anilines is 1. The number of hydrogen-bond acceptors (Lipinski definition) is 5. The van der Waals surface area contributed by atoms with Gasteiger partial charge in [-0.25, -0.2) is 9.97 Å². The topological polar surface area (TPSA) is 71.3 Å². The molecule has 0 radical (unpaired) electrons. The molecule has 2 aliphatic carbocycles. The number of rotatable bonds is 3. The highest BCUT2D eigenvalue weighted by atomic mass is 16.3. The molecular weight excluding hydrogens is 304 g/mol. The predicted octanol–water partition coefficient (Wildman–Crippen LogP) is 2.83. The molecule has 1 unspecified atom stereocenters. The molecule has 1 N–H and O–H groups in total. The van der Waals surface area contributed by atoms with Gasteiger partial charge in [0, 0.05) is 18.6 Å². The molecule has 3 heterocycles. The fourth-order valence-electron chi connectivity index (χ4n) is 4.14. The summed E-state index contributed by atoms with van der Waals surface area (Å²) in [6, 6.07) is 0. The van der Waals surface area contributed by atoms with Gasteiger partial charge in [-0.3, -0.25) is 4.79 Å². The highest BCUT2D eigenvalue weighted by Gasteiger charge is 2.54. The van der Waals surface area contributed by atoms with E-state index < -0.39 is 0 Å². The minimum absolute atomic E-state index is 0.0597. The van der Waals surface area contributed by atoms with E-state index >= 15 is 0 Å². The van der Waals surface area contributed by atoms with Crippen LogP contribution in [0.15, 0.2) is 10.7 Å². The summed E-state index contributed by atoms with van der Waals surface area (Å²) >= 11 is 0. The Morgan fingerprint density at radius 1 is 1.33 bits per heavy atom. The number of nitrogens with one attached hydrogen (secondary N) is 1. The number of nitrogens with zero attached hydrogens (tertiary/aromatic N) is 3. The monoisotopic (exact) mass is 326 g/mol. The van der Waals surface area contributed by atoms with Crippen molar-refractivity contribution in [2.75, 3.05) is 18.4 Å². The number of aryl methyl sites for hydroxylation is 1. The van der Waals surface area contributed by atoms with Gasteiger partial charge in [0.15, 0.2) is 0 Å². The van der Waals surface area contributed by atoms with Crippen LogP contribution in [0.25, 0.3) is 11.1 Å². The molecule has 0 aromatic carbocycles. The number of carbonyl (C=O) groups excluding carboxylic acids is 1. The number of aromatic nitrogens is 2. The minimum atomic E-state index is 0.0597. The Hall–Kier alpha value is -2.11. The van der Waals surface area contributed by atoms with Crippen LogP contribution in [0.5, 0.6) is 0 Å². The second-order valence-corrected chi connectivity index (χ2v) is 8.02. The third-order valence-electron chi connectivity index (χ3n) is 6.21. The lowest BCUT2D eigenvalue weighted by atomic mass is 10.1. The number of fused-ring (bicyclic) bond motifs is 2. The Morgan fingerprint density at radius 3 is 2.71 bits per heavy atom. The molecule has 6 heteroatoms. The van der Waals surface area contributed by atoms with E-state index in [1.807, 2.05) is 11.8 Å². The molecule has 2 aromatic heterocycles. The average Bonchev–Trinajstić information content (AvgIpc) is 3.26. The van der Waals surface area contributed by atoms with E-state index in [-0.39, 0.29) is 11.4 Å². The molecule has 1 aliphatic heterocycles. The molecule has 3 fully saturated rings. The zero-order valence-corrected chi connectivity index (χ0v) is 14.3. The molecule has 0 spiro atoms. The van der Waals surface area contributed by atoms with Gasteiger partial charge in [0.25, 0.3) is 5.91 Å².